The maximum absolute atomic E-state index is 3.74. The molecule has 2 atom stereocenters. The van der Waals surface area contributed by atoms with Crippen LogP contribution in [0.15, 0.2) is 0 Å². The third kappa shape index (κ3) is 7.01. The Morgan fingerprint density at radius 2 is 2.11 bits per heavy atom. The fourth-order valence-corrected chi connectivity index (χ4v) is 3.35. The second kappa shape index (κ2) is 8.53. The summed E-state index contributed by atoms with van der Waals surface area (Å²) in [5.74, 6) is 1.27. The first-order chi connectivity index (χ1) is 9.00. The highest BCUT2D eigenvalue weighted by atomic mass is 32.2. The molecular weight excluding hydrogens is 252 g/mol. The third-order valence-corrected chi connectivity index (χ3v) is 5.02. The first-order valence-corrected chi connectivity index (χ1v) is 9.32. The Balaban J connectivity index is 2.40. The average molecular weight is 287 g/mol. The Morgan fingerprint density at radius 3 is 2.63 bits per heavy atom. The fraction of sp³-hybridized carbons (Fsp3) is 1.00. The summed E-state index contributed by atoms with van der Waals surface area (Å²) in [5.41, 5.74) is 0.430. The van der Waals surface area contributed by atoms with Crippen LogP contribution in [-0.4, -0.2) is 49.1 Å². The molecule has 19 heavy (non-hydrogen) atoms. The van der Waals surface area contributed by atoms with E-state index in [-0.39, 0.29) is 0 Å². The highest BCUT2D eigenvalue weighted by Gasteiger charge is 2.29. The molecule has 0 heterocycles. The SMILES string of the molecule is CCCC(C)(CNC1CC1)CN(C)C(C)CCSC. The van der Waals surface area contributed by atoms with Crippen LogP contribution in [0.25, 0.3) is 0 Å². The normalized spacial score (nSPS) is 20.5. The lowest BCUT2D eigenvalue weighted by Gasteiger charge is -2.37. The molecule has 1 saturated carbocycles. The summed E-state index contributed by atoms with van der Waals surface area (Å²) in [4.78, 5) is 2.57. The van der Waals surface area contributed by atoms with Gasteiger partial charge in [0.05, 0.1) is 0 Å². The summed E-state index contributed by atoms with van der Waals surface area (Å²) in [6.07, 6.45) is 8.90. The molecular formula is C16H34N2S. The zero-order valence-corrected chi connectivity index (χ0v) is 14.5. The highest BCUT2D eigenvalue weighted by Crippen LogP contribution is 2.27. The predicted molar refractivity (Wildman–Crippen MR) is 89.1 cm³/mol. The summed E-state index contributed by atoms with van der Waals surface area (Å²) in [6, 6.07) is 1.53. The molecule has 1 N–H and O–H groups in total. The molecule has 2 unspecified atom stereocenters. The Labute approximate surface area is 125 Å². The second-order valence-electron chi connectivity index (χ2n) is 6.76. The standard InChI is InChI=1S/C16H34N2S/c1-6-10-16(3,12-17-15-7-8-15)13-18(4)14(2)9-11-19-5/h14-15,17H,6-13H2,1-5H3. The van der Waals surface area contributed by atoms with Crippen LogP contribution in [0.3, 0.4) is 0 Å². The molecule has 0 aromatic heterocycles. The first kappa shape index (κ1) is 17.3. The summed E-state index contributed by atoms with van der Waals surface area (Å²) < 4.78 is 0. The van der Waals surface area contributed by atoms with Crippen LogP contribution in [0, 0.1) is 5.41 Å². The summed E-state index contributed by atoms with van der Waals surface area (Å²) >= 11 is 1.96. The van der Waals surface area contributed by atoms with Crippen LogP contribution in [0.1, 0.15) is 52.9 Å². The molecule has 0 amide bonds. The van der Waals surface area contributed by atoms with E-state index in [0.29, 0.717) is 11.5 Å². The highest BCUT2D eigenvalue weighted by molar-refractivity contribution is 7.98. The van der Waals surface area contributed by atoms with E-state index >= 15 is 0 Å². The van der Waals surface area contributed by atoms with Crippen molar-refractivity contribution >= 4 is 11.8 Å². The Morgan fingerprint density at radius 1 is 1.42 bits per heavy atom. The van der Waals surface area contributed by atoms with Crippen molar-refractivity contribution in [3.63, 3.8) is 0 Å². The third-order valence-electron chi connectivity index (χ3n) is 4.37. The van der Waals surface area contributed by atoms with Crippen molar-refractivity contribution in [3.8, 4) is 0 Å². The molecule has 0 aliphatic heterocycles. The number of hydrogen-bond acceptors (Lipinski definition) is 3. The minimum atomic E-state index is 0.430. The van der Waals surface area contributed by atoms with E-state index in [4.69, 9.17) is 0 Å². The number of hydrogen-bond donors (Lipinski definition) is 1. The quantitative estimate of drug-likeness (QED) is 0.624. The van der Waals surface area contributed by atoms with E-state index in [0.717, 1.165) is 6.04 Å². The zero-order valence-electron chi connectivity index (χ0n) is 13.7. The lowest BCUT2D eigenvalue weighted by atomic mass is 9.84. The van der Waals surface area contributed by atoms with Gasteiger partial charge in [0.25, 0.3) is 0 Å². The van der Waals surface area contributed by atoms with Crippen LogP contribution >= 0.6 is 11.8 Å². The molecule has 0 aromatic rings. The molecule has 3 heteroatoms. The van der Waals surface area contributed by atoms with E-state index in [1.54, 1.807) is 0 Å². The van der Waals surface area contributed by atoms with Crippen LogP contribution in [-0.2, 0) is 0 Å². The Hall–Kier alpha value is 0.270. The van der Waals surface area contributed by atoms with Gasteiger partial charge in [-0.25, -0.2) is 0 Å². The molecule has 0 aromatic carbocycles. The Kier molecular flexibility index (Phi) is 7.78. The van der Waals surface area contributed by atoms with Crippen LogP contribution in [0.2, 0.25) is 0 Å². The van der Waals surface area contributed by atoms with Gasteiger partial charge in [-0.2, -0.15) is 11.8 Å². The molecule has 2 nitrogen and oxygen atoms in total. The van der Waals surface area contributed by atoms with Crippen molar-refractivity contribution in [2.45, 2.75) is 65.0 Å². The van der Waals surface area contributed by atoms with Gasteiger partial charge >= 0.3 is 0 Å². The molecule has 0 bridgehead atoms. The minimum Gasteiger partial charge on any atom is -0.313 e. The van der Waals surface area contributed by atoms with Crippen molar-refractivity contribution in [1.82, 2.24) is 10.2 Å². The van der Waals surface area contributed by atoms with Crippen molar-refractivity contribution in [2.24, 2.45) is 5.41 Å². The van der Waals surface area contributed by atoms with E-state index < -0.39 is 0 Å². The summed E-state index contributed by atoms with van der Waals surface area (Å²) in [7, 11) is 2.30. The molecule has 0 radical (unpaired) electrons. The topological polar surface area (TPSA) is 15.3 Å². The first-order valence-electron chi connectivity index (χ1n) is 7.93. The number of thioether (sulfide) groups is 1. The summed E-state index contributed by atoms with van der Waals surface area (Å²) in [6.45, 7) is 9.55. The van der Waals surface area contributed by atoms with E-state index in [1.807, 2.05) is 11.8 Å². The average Bonchev–Trinajstić information content (AvgIpc) is 3.17. The molecule has 0 spiro atoms. The minimum absolute atomic E-state index is 0.430. The number of nitrogens with one attached hydrogen (secondary N) is 1. The van der Waals surface area contributed by atoms with Gasteiger partial charge in [-0.15, -0.1) is 0 Å². The number of nitrogens with zero attached hydrogens (tertiary/aromatic N) is 1. The molecule has 0 saturated heterocycles. The molecule has 114 valence electrons. The Bertz CT molecular complexity index is 243. The smallest absolute Gasteiger partial charge is 0.00719 e. The van der Waals surface area contributed by atoms with Crippen molar-refractivity contribution < 1.29 is 0 Å². The predicted octanol–water partition coefficient (Wildman–Crippen LogP) is 3.62. The van der Waals surface area contributed by atoms with Gasteiger partial charge in [-0.3, -0.25) is 0 Å². The van der Waals surface area contributed by atoms with Gasteiger partial charge in [0.15, 0.2) is 0 Å². The van der Waals surface area contributed by atoms with E-state index in [2.05, 4.69) is 44.3 Å². The van der Waals surface area contributed by atoms with Gasteiger partial charge in [-0.05, 0) is 57.1 Å². The molecule has 1 fully saturated rings. The maximum Gasteiger partial charge on any atom is 0.00719 e. The van der Waals surface area contributed by atoms with Crippen LogP contribution in [0.5, 0.6) is 0 Å². The van der Waals surface area contributed by atoms with Gasteiger partial charge in [0.1, 0.15) is 0 Å². The number of rotatable bonds is 11. The van der Waals surface area contributed by atoms with Gasteiger partial charge in [-0.1, -0.05) is 20.3 Å². The van der Waals surface area contributed by atoms with Gasteiger partial charge in [0.2, 0.25) is 0 Å². The summed E-state index contributed by atoms with van der Waals surface area (Å²) in [5, 5.41) is 3.74. The van der Waals surface area contributed by atoms with Crippen molar-refractivity contribution in [3.05, 3.63) is 0 Å². The van der Waals surface area contributed by atoms with Crippen LogP contribution < -0.4 is 5.32 Å². The van der Waals surface area contributed by atoms with Crippen molar-refractivity contribution in [2.75, 3.05) is 32.1 Å². The van der Waals surface area contributed by atoms with Crippen molar-refractivity contribution in [1.29, 1.82) is 0 Å². The lowest BCUT2D eigenvalue weighted by Crippen LogP contribution is -2.44. The molecule has 1 aliphatic rings. The second-order valence-corrected chi connectivity index (χ2v) is 7.75. The monoisotopic (exact) mass is 286 g/mol. The van der Waals surface area contributed by atoms with E-state index in [9.17, 15) is 0 Å². The van der Waals surface area contributed by atoms with Gasteiger partial charge in [0, 0.05) is 25.2 Å². The largest absolute Gasteiger partial charge is 0.313 e. The fourth-order valence-electron chi connectivity index (χ4n) is 2.77. The molecule has 1 aliphatic carbocycles. The zero-order chi connectivity index (χ0) is 14.3. The van der Waals surface area contributed by atoms with Crippen LogP contribution in [0.4, 0.5) is 0 Å². The van der Waals surface area contributed by atoms with Gasteiger partial charge < -0.3 is 10.2 Å². The maximum atomic E-state index is 3.74. The lowest BCUT2D eigenvalue weighted by molar-refractivity contribution is 0.140. The van der Waals surface area contributed by atoms with E-state index in [1.165, 1.54) is 50.9 Å². The molecule has 1 rings (SSSR count).